The molecule has 0 bridgehead atoms. The minimum absolute atomic E-state index is 0.220. The van der Waals surface area contributed by atoms with E-state index >= 15 is 0 Å². The number of alkyl halides is 3. The number of hydrogen-bond acceptors (Lipinski definition) is 6. The Bertz CT molecular complexity index is 1610. The summed E-state index contributed by atoms with van der Waals surface area (Å²) in [7, 11) is 0. The lowest BCUT2D eigenvalue weighted by Crippen LogP contribution is -2.49. The molecule has 0 aliphatic heterocycles. The molecule has 0 saturated carbocycles. The molecule has 4 rings (SSSR count). The molecule has 5 N–H and O–H groups in total. The number of amides is 2. The predicted octanol–water partition coefficient (Wildman–Crippen LogP) is 5.63. The minimum atomic E-state index is -5.08. The average molecular weight is 665 g/mol. The predicted molar refractivity (Wildman–Crippen MR) is 173 cm³/mol. The zero-order valence-electron chi connectivity index (χ0n) is 25.7. The second-order valence-electron chi connectivity index (χ2n) is 10.5. The molecule has 0 aliphatic rings. The van der Waals surface area contributed by atoms with E-state index in [1.165, 1.54) is 0 Å². The number of aromatic nitrogens is 1. The molecule has 48 heavy (non-hydrogen) atoms. The van der Waals surface area contributed by atoms with Crippen LogP contribution in [0.3, 0.4) is 0 Å². The number of pyridine rings is 1. The highest BCUT2D eigenvalue weighted by molar-refractivity contribution is 5.88. The van der Waals surface area contributed by atoms with E-state index in [9.17, 15) is 32.7 Å². The van der Waals surface area contributed by atoms with Crippen molar-refractivity contribution in [1.29, 1.82) is 0 Å². The summed E-state index contributed by atoms with van der Waals surface area (Å²) in [5.74, 6) is -3.76. The second-order valence-corrected chi connectivity index (χ2v) is 10.5. The summed E-state index contributed by atoms with van der Waals surface area (Å²) in [6.07, 6.45) is -2.63. The normalized spacial score (nSPS) is 12.0. The molecule has 2 amide bonds. The van der Waals surface area contributed by atoms with Crippen LogP contribution < -0.4 is 16.0 Å². The summed E-state index contributed by atoms with van der Waals surface area (Å²) >= 11 is 0. The monoisotopic (exact) mass is 664 g/mol. The Morgan fingerprint density at radius 1 is 0.750 bits per heavy atom. The second kappa shape index (κ2) is 18.4. The Labute approximate surface area is 275 Å². The first-order chi connectivity index (χ1) is 22.9. The maximum absolute atomic E-state index is 13.5. The Morgan fingerprint density at radius 3 is 1.90 bits per heavy atom. The smallest absolute Gasteiger partial charge is 0.481 e. The first-order valence-electron chi connectivity index (χ1n) is 14.9. The summed E-state index contributed by atoms with van der Waals surface area (Å²) in [6, 6.07) is 30.7. The fourth-order valence-electron chi connectivity index (χ4n) is 4.50. The van der Waals surface area contributed by atoms with E-state index < -0.39 is 36.1 Å². The molecular weight excluding hydrogens is 629 g/mol. The molecule has 1 heterocycles. The van der Waals surface area contributed by atoms with Gasteiger partial charge in [-0.2, -0.15) is 13.2 Å². The van der Waals surface area contributed by atoms with Crippen molar-refractivity contribution in [1.82, 2.24) is 15.6 Å². The first-order valence-corrected chi connectivity index (χ1v) is 14.9. The quantitative estimate of drug-likeness (QED) is 0.109. The zero-order chi connectivity index (χ0) is 34.9. The summed E-state index contributed by atoms with van der Waals surface area (Å²) in [5.41, 5.74) is 3.58. The van der Waals surface area contributed by atoms with E-state index in [0.717, 1.165) is 22.5 Å². The first kappa shape index (κ1) is 36.7. The maximum atomic E-state index is 13.5. The Balaban J connectivity index is 0.000000804. The van der Waals surface area contributed by atoms with E-state index in [1.807, 2.05) is 103 Å². The number of hydrogen-bond donors (Lipinski definition) is 5. The number of carboxylic acids is 2. The van der Waals surface area contributed by atoms with Crippen LogP contribution in [0.5, 0.6) is 0 Å². The van der Waals surface area contributed by atoms with Gasteiger partial charge in [-0.15, -0.1) is 0 Å². The number of anilines is 1. The summed E-state index contributed by atoms with van der Waals surface area (Å²) in [5, 5.41) is 25.6. The number of carboxylic acid groups (broad SMARTS) is 2. The van der Waals surface area contributed by atoms with Crippen LogP contribution in [0.15, 0.2) is 109 Å². The number of rotatable bonds is 14. The lowest BCUT2D eigenvalue weighted by Gasteiger charge is -2.23. The molecule has 1 aromatic heterocycles. The minimum Gasteiger partial charge on any atom is -0.481 e. The van der Waals surface area contributed by atoms with Crippen LogP contribution in [0.4, 0.5) is 19.0 Å². The van der Waals surface area contributed by atoms with E-state index in [-0.39, 0.29) is 25.2 Å². The van der Waals surface area contributed by atoms with Crippen LogP contribution in [0.25, 0.3) is 11.1 Å². The molecule has 1 unspecified atom stereocenters. The van der Waals surface area contributed by atoms with E-state index in [1.54, 1.807) is 6.20 Å². The van der Waals surface area contributed by atoms with Gasteiger partial charge in [-0.3, -0.25) is 14.4 Å². The van der Waals surface area contributed by atoms with Gasteiger partial charge in [0, 0.05) is 25.6 Å². The fraction of sp³-hybridized carbons (Fsp3) is 0.229. The molecule has 252 valence electrons. The van der Waals surface area contributed by atoms with Crippen molar-refractivity contribution in [2.45, 2.75) is 43.9 Å². The number of nitrogens with zero attached hydrogens (tertiary/aromatic N) is 1. The van der Waals surface area contributed by atoms with Gasteiger partial charge in [-0.1, -0.05) is 91.0 Å². The molecule has 0 radical (unpaired) electrons. The van der Waals surface area contributed by atoms with Crippen molar-refractivity contribution in [3.05, 3.63) is 120 Å². The third-order valence-electron chi connectivity index (χ3n) is 6.84. The van der Waals surface area contributed by atoms with Gasteiger partial charge in [0.05, 0.1) is 12.5 Å². The number of nitrogens with one attached hydrogen (secondary N) is 3. The molecule has 10 nitrogen and oxygen atoms in total. The SMILES string of the molecule is O=C(O)C(F)(F)F.O=C(O)CC(NC(=O)[C@H](Cc1ccccc1)NC(=O)CCCNc1ccccn1)c1ccc(-c2ccccc2)cc1. The zero-order valence-corrected chi connectivity index (χ0v) is 25.7. The summed E-state index contributed by atoms with van der Waals surface area (Å²) in [4.78, 5) is 51.2. The van der Waals surface area contributed by atoms with E-state index in [4.69, 9.17) is 9.90 Å². The largest absolute Gasteiger partial charge is 0.490 e. The van der Waals surface area contributed by atoms with Crippen LogP contribution >= 0.6 is 0 Å². The molecular formula is C35H35F3N4O6. The number of carbonyl (C=O) groups is 4. The van der Waals surface area contributed by atoms with Crippen LogP contribution in [0.2, 0.25) is 0 Å². The van der Waals surface area contributed by atoms with Gasteiger partial charge >= 0.3 is 18.1 Å². The van der Waals surface area contributed by atoms with E-state index in [0.29, 0.717) is 18.5 Å². The molecule has 0 fully saturated rings. The van der Waals surface area contributed by atoms with Crippen LogP contribution in [-0.2, 0) is 25.6 Å². The van der Waals surface area contributed by atoms with Gasteiger partial charge in [0.25, 0.3) is 0 Å². The van der Waals surface area contributed by atoms with Gasteiger partial charge in [0.15, 0.2) is 0 Å². The number of benzene rings is 3. The third-order valence-corrected chi connectivity index (χ3v) is 6.84. The molecule has 0 aliphatic carbocycles. The summed E-state index contributed by atoms with van der Waals surface area (Å²) in [6.45, 7) is 0.555. The highest BCUT2D eigenvalue weighted by atomic mass is 19.4. The van der Waals surface area contributed by atoms with Crippen LogP contribution in [-0.4, -0.2) is 57.7 Å². The lowest BCUT2D eigenvalue weighted by atomic mass is 9.98. The molecule has 2 atom stereocenters. The maximum Gasteiger partial charge on any atom is 0.490 e. The molecule has 3 aromatic carbocycles. The Kier molecular flexibility index (Phi) is 14.1. The Hall–Kier alpha value is -5.72. The van der Waals surface area contributed by atoms with Crippen molar-refractivity contribution in [2.24, 2.45) is 0 Å². The number of carbonyl (C=O) groups excluding carboxylic acids is 2. The standard InChI is InChI=1S/C33H34N4O4.C2HF3O2/c38-31(15-9-21-35-30-14-7-8-20-34-30)36-29(22-24-10-3-1-4-11-24)33(41)37-28(23-32(39)40)27-18-16-26(17-19-27)25-12-5-2-6-13-25;3-2(4,5)1(6)7/h1-8,10-14,16-20,28-29H,9,15,21-23H2,(H,34,35)(H,36,38)(H,37,41)(H,39,40);(H,6,7)/t28?,29-;/m0./s1. The molecule has 0 spiro atoms. The number of aliphatic carboxylic acids is 2. The van der Waals surface area contributed by atoms with Crippen LogP contribution in [0.1, 0.15) is 36.4 Å². The third kappa shape index (κ3) is 12.9. The van der Waals surface area contributed by atoms with E-state index in [2.05, 4.69) is 20.9 Å². The topological polar surface area (TPSA) is 158 Å². The van der Waals surface area contributed by atoms with Crippen molar-refractivity contribution in [3.63, 3.8) is 0 Å². The van der Waals surface area contributed by atoms with Gasteiger partial charge in [-0.05, 0) is 40.8 Å². The highest BCUT2D eigenvalue weighted by Crippen LogP contribution is 2.24. The van der Waals surface area contributed by atoms with Crippen molar-refractivity contribution >= 4 is 29.6 Å². The Morgan fingerprint density at radius 2 is 1.33 bits per heavy atom. The molecule has 4 aromatic rings. The van der Waals surface area contributed by atoms with Gasteiger partial charge in [0.2, 0.25) is 11.8 Å². The van der Waals surface area contributed by atoms with Crippen LogP contribution in [0, 0.1) is 0 Å². The van der Waals surface area contributed by atoms with Crippen molar-refractivity contribution < 1.29 is 42.6 Å². The molecule has 13 heteroatoms. The van der Waals surface area contributed by atoms with Gasteiger partial charge in [-0.25, -0.2) is 9.78 Å². The number of halogens is 3. The van der Waals surface area contributed by atoms with Gasteiger partial charge in [0.1, 0.15) is 11.9 Å². The van der Waals surface area contributed by atoms with Crippen molar-refractivity contribution in [2.75, 3.05) is 11.9 Å². The highest BCUT2D eigenvalue weighted by Gasteiger charge is 2.38. The summed E-state index contributed by atoms with van der Waals surface area (Å²) < 4.78 is 31.7. The van der Waals surface area contributed by atoms with Crippen molar-refractivity contribution in [3.8, 4) is 11.1 Å². The molecule has 0 saturated heterocycles. The lowest BCUT2D eigenvalue weighted by molar-refractivity contribution is -0.192. The average Bonchev–Trinajstić information content (AvgIpc) is 3.07. The van der Waals surface area contributed by atoms with Gasteiger partial charge < -0.3 is 26.2 Å². The fourth-order valence-corrected chi connectivity index (χ4v) is 4.50.